The van der Waals surface area contributed by atoms with E-state index in [1.807, 2.05) is 60.8 Å². The maximum absolute atomic E-state index is 12.3. The Balaban J connectivity index is 1.44. The molecule has 8 heteroatoms. The molecule has 164 valence electrons. The first-order valence-electron chi connectivity index (χ1n) is 10.5. The van der Waals surface area contributed by atoms with Crippen LogP contribution < -0.4 is 10.5 Å². The van der Waals surface area contributed by atoms with Gasteiger partial charge in [-0.1, -0.05) is 24.1 Å². The average Bonchev–Trinajstić information content (AvgIpc) is 3.34. The summed E-state index contributed by atoms with van der Waals surface area (Å²) < 4.78 is 7.45. The maximum Gasteiger partial charge on any atom is 0.298 e. The topological polar surface area (TPSA) is 106 Å². The number of benzene rings is 2. The van der Waals surface area contributed by atoms with Crippen LogP contribution in [0.1, 0.15) is 28.9 Å². The summed E-state index contributed by atoms with van der Waals surface area (Å²) in [5, 5.41) is 3.09. The van der Waals surface area contributed by atoms with Crippen molar-refractivity contribution in [1.29, 1.82) is 0 Å². The number of nitrogens with one attached hydrogen (secondary N) is 1. The highest BCUT2D eigenvalue weighted by Crippen LogP contribution is 2.33. The van der Waals surface area contributed by atoms with Crippen molar-refractivity contribution in [2.24, 2.45) is 5.73 Å². The number of nitrogens with two attached hydrogens (primary N) is 1. The quantitative estimate of drug-likeness (QED) is 0.466. The molecule has 33 heavy (non-hydrogen) atoms. The van der Waals surface area contributed by atoms with E-state index in [9.17, 15) is 9.59 Å². The predicted octanol–water partition coefficient (Wildman–Crippen LogP) is 3.17. The number of likely N-dealkylation sites (tertiary alicyclic amines) is 1. The zero-order chi connectivity index (χ0) is 22.9. The number of rotatable bonds is 5. The van der Waals surface area contributed by atoms with Crippen LogP contribution in [-0.4, -0.2) is 44.4 Å². The van der Waals surface area contributed by atoms with Crippen molar-refractivity contribution in [2.45, 2.75) is 12.8 Å². The molecule has 1 aliphatic heterocycles. The van der Waals surface area contributed by atoms with Gasteiger partial charge >= 0.3 is 0 Å². The van der Waals surface area contributed by atoms with Crippen LogP contribution in [0.5, 0.6) is 11.5 Å². The van der Waals surface area contributed by atoms with Gasteiger partial charge < -0.3 is 15.4 Å². The molecule has 3 heterocycles. The normalized spacial score (nSPS) is 13.3. The minimum atomic E-state index is -0.584. The minimum Gasteiger partial charge on any atom is -0.457 e. The van der Waals surface area contributed by atoms with E-state index in [0.717, 1.165) is 16.9 Å². The van der Waals surface area contributed by atoms with Gasteiger partial charge in [-0.15, -0.1) is 0 Å². The Kier molecular flexibility index (Phi) is 5.07. The Morgan fingerprint density at radius 1 is 1.09 bits per heavy atom. The summed E-state index contributed by atoms with van der Waals surface area (Å²) in [5.41, 5.74) is 8.78. The highest BCUT2D eigenvalue weighted by atomic mass is 16.5. The van der Waals surface area contributed by atoms with Crippen molar-refractivity contribution in [3.05, 3.63) is 72.1 Å². The summed E-state index contributed by atoms with van der Waals surface area (Å²) in [6, 6.07) is 16.8. The Labute approximate surface area is 190 Å². The van der Waals surface area contributed by atoms with E-state index in [1.165, 1.54) is 0 Å². The van der Waals surface area contributed by atoms with E-state index >= 15 is 0 Å². The third-order valence-electron chi connectivity index (χ3n) is 5.67. The molecule has 2 amide bonds. The molecule has 0 saturated carbocycles. The van der Waals surface area contributed by atoms with Gasteiger partial charge in [0.05, 0.1) is 0 Å². The van der Waals surface area contributed by atoms with E-state index < -0.39 is 5.91 Å². The van der Waals surface area contributed by atoms with Crippen LogP contribution in [0.3, 0.4) is 0 Å². The number of H-pyrrole nitrogens is 1. The molecular weight excluding hydrogens is 418 g/mol. The van der Waals surface area contributed by atoms with Gasteiger partial charge in [0.2, 0.25) is 0 Å². The highest BCUT2D eigenvalue weighted by Gasteiger charge is 2.34. The number of aromatic nitrogens is 3. The number of aromatic amines is 1. The Morgan fingerprint density at radius 2 is 1.79 bits per heavy atom. The maximum atomic E-state index is 12.3. The second kappa shape index (κ2) is 8.20. The van der Waals surface area contributed by atoms with Crippen molar-refractivity contribution in [3.8, 4) is 34.6 Å². The number of nitrogens with zero attached hydrogens (tertiary/aromatic N) is 3. The predicted molar refractivity (Wildman–Crippen MR) is 123 cm³/mol. The summed E-state index contributed by atoms with van der Waals surface area (Å²) >= 11 is 0. The van der Waals surface area contributed by atoms with Gasteiger partial charge in [0.25, 0.3) is 11.8 Å². The van der Waals surface area contributed by atoms with Crippen LogP contribution in [0.2, 0.25) is 0 Å². The first kappa shape index (κ1) is 20.4. The molecule has 0 radical (unpaired) electrons. The second-order valence-corrected chi connectivity index (χ2v) is 7.78. The molecule has 4 aromatic rings. The van der Waals surface area contributed by atoms with E-state index in [1.54, 1.807) is 16.3 Å². The lowest BCUT2D eigenvalue weighted by Gasteiger charge is -2.37. The standard InChI is InChI=1S/C25H21N5O3/c1-2-6-21(31)29-14-17(15-29)20-13-27-30-23(24(26)32)22(28-25(20)30)16-9-11-19(12-10-16)33-18-7-4-3-5-8-18/h3-5,7-13,17,27H,14-15H2,1H3,(H2,26,32). The van der Waals surface area contributed by atoms with Crippen LogP contribution >= 0.6 is 0 Å². The lowest BCUT2D eigenvalue weighted by atomic mass is 9.93. The van der Waals surface area contributed by atoms with Gasteiger partial charge in [0, 0.05) is 36.3 Å². The average molecular weight is 439 g/mol. The summed E-state index contributed by atoms with van der Waals surface area (Å²) in [7, 11) is 0. The molecule has 1 saturated heterocycles. The number of amides is 2. The fourth-order valence-corrected chi connectivity index (χ4v) is 4.00. The molecule has 2 aromatic heterocycles. The van der Waals surface area contributed by atoms with Gasteiger partial charge in [-0.2, -0.15) is 0 Å². The van der Waals surface area contributed by atoms with Crippen LogP contribution in [0.25, 0.3) is 16.9 Å². The molecule has 8 nitrogen and oxygen atoms in total. The Hall–Kier alpha value is -4.51. The van der Waals surface area contributed by atoms with Crippen molar-refractivity contribution in [1.82, 2.24) is 19.5 Å². The highest BCUT2D eigenvalue weighted by molar-refractivity contribution is 5.99. The molecule has 0 bridgehead atoms. The zero-order valence-electron chi connectivity index (χ0n) is 17.9. The molecule has 0 spiro atoms. The van der Waals surface area contributed by atoms with Gasteiger partial charge in [0.1, 0.15) is 17.2 Å². The van der Waals surface area contributed by atoms with Crippen LogP contribution in [0.15, 0.2) is 60.8 Å². The largest absolute Gasteiger partial charge is 0.457 e. The number of imidazole rings is 1. The fraction of sp³-hybridized carbons (Fsp3) is 0.160. The number of para-hydroxylation sites is 1. The number of ether oxygens (including phenoxy) is 1. The molecule has 1 fully saturated rings. The third-order valence-corrected chi connectivity index (χ3v) is 5.67. The number of fused-ring (bicyclic) bond motifs is 1. The second-order valence-electron chi connectivity index (χ2n) is 7.78. The SMILES string of the molecule is CC#CC(=O)N1CC(c2c[nH]n3c(C(N)=O)c(-c4ccc(Oc5ccccc5)cc4)nc23)C1. The Bertz CT molecular complexity index is 1400. The van der Waals surface area contributed by atoms with Gasteiger partial charge in [-0.25, -0.2) is 9.50 Å². The third kappa shape index (κ3) is 3.70. The van der Waals surface area contributed by atoms with Crippen molar-refractivity contribution in [3.63, 3.8) is 0 Å². The number of hydrogen-bond acceptors (Lipinski definition) is 4. The summed E-state index contributed by atoms with van der Waals surface area (Å²) in [6.45, 7) is 2.75. The van der Waals surface area contributed by atoms with Crippen LogP contribution in [-0.2, 0) is 4.79 Å². The number of primary amides is 1. The lowest BCUT2D eigenvalue weighted by molar-refractivity contribution is -0.129. The summed E-state index contributed by atoms with van der Waals surface area (Å²) in [5.74, 6) is 5.94. The van der Waals surface area contributed by atoms with Crippen molar-refractivity contribution >= 4 is 17.5 Å². The fourth-order valence-electron chi connectivity index (χ4n) is 4.00. The molecule has 2 aromatic carbocycles. The molecule has 0 aliphatic carbocycles. The molecule has 1 aliphatic rings. The molecule has 0 unspecified atom stereocenters. The van der Waals surface area contributed by atoms with E-state index in [4.69, 9.17) is 15.5 Å². The van der Waals surface area contributed by atoms with Gasteiger partial charge in [-0.3, -0.25) is 14.7 Å². The zero-order valence-corrected chi connectivity index (χ0v) is 17.9. The van der Waals surface area contributed by atoms with E-state index in [2.05, 4.69) is 16.9 Å². The Morgan fingerprint density at radius 3 is 2.45 bits per heavy atom. The van der Waals surface area contributed by atoms with Crippen molar-refractivity contribution < 1.29 is 14.3 Å². The number of carbonyl (C=O) groups is 2. The monoisotopic (exact) mass is 439 g/mol. The smallest absolute Gasteiger partial charge is 0.298 e. The molecule has 3 N–H and O–H groups in total. The first-order chi connectivity index (χ1) is 16.0. The first-order valence-corrected chi connectivity index (χ1v) is 10.5. The number of hydrogen-bond donors (Lipinski definition) is 2. The number of carbonyl (C=O) groups excluding carboxylic acids is 2. The summed E-state index contributed by atoms with van der Waals surface area (Å²) in [4.78, 5) is 30.7. The van der Waals surface area contributed by atoms with Gasteiger partial charge in [0.15, 0.2) is 11.3 Å². The van der Waals surface area contributed by atoms with Crippen molar-refractivity contribution in [2.75, 3.05) is 13.1 Å². The van der Waals surface area contributed by atoms with Crippen LogP contribution in [0, 0.1) is 11.8 Å². The van der Waals surface area contributed by atoms with E-state index in [0.29, 0.717) is 30.2 Å². The van der Waals surface area contributed by atoms with E-state index in [-0.39, 0.29) is 17.5 Å². The molecular formula is C25H21N5O3. The minimum absolute atomic E-state index is 0.110. The molecule has 0 atom stereocenters. The van der Waals surface area contributed by atoms with Gasteiger partial charge in [-0.05, 0) is 49.2 Å². The molecule has 5 rings (SSSR count). The lowest BCUT2D eigenvalue weighted by Crippen LogP contribution is -2.47. The van der Waals surface area contributed by atoms with Crippen LogP contribution in [0.4, 0.5) is 0 Å². The summed E-state index contributed by atoms with van der Waals surface area (Å²) in [6.07, 6.45) is 1.81.